The number of carbonyl (C=O) groups excluding carboxylic acids is 1. The van der Waals surface area contributed by atoms with Gasteiger partial charge in [-0.25, -0.2) is 4.79 Å². The molecule has 0 unspecified atom stereocenters. The highest BCUT2D eigenvalue weighted by molar-refractivity contribution is 5.92. The van der Waals surface area contributed by atoms with Crippen LogP contribution in [0.3, 0.4) is 0 Å². The van der Waals surface area contributed by atoms with E-state index in [1.54, 1.807) is 23.9 Å². The predicted octanol–water partition coefficient (Wildman–Crippen LogP) is 1.65. The molecule has 0 aliphatic rings. The van der Waals surface area contributed by atoms with E-state index in [1.165, 1.54) is 0 Å². The minimum Gasteiger partial charge on any atom is -0.328 e. The first kappa shape index (κ1) is 12.5. The number of rotatable bonds is 3. The second kappa shape index (κ2) is 5.51. The van der Waals surface area contributed by atoms with Crippen molar-refractivity contribution in [1.29, 1.82) is 0 Å². The Bertz CT molecular complexity index is 365. The molecule has 0 saturated heterocycles. The van der Waals surface area contributed by atoms with Gasteiger partial charge in [0, 0.05) is 32.9 Å². The first-order valence-corrected chi connectivity index (χ1v) is 5.38. The third-order valence-corrected chi connectivity index (χ3v) is 2.66. The molecule has 0 fully saturated rings. The number of urea groups is 1. The third kappa shape index (κ3) is 2.52. The fourth-order valence-corrected chi connectivity index (χ4v) is 1.51. The van der Waals surface area contributed by atoms with E-state index < -0.39 is 0 Å². The molecule has 1 aromatic rings. The van der Waals surface area contributed by atoms with Gasteiger partial charge in [-0.2, -0.15) is 0 Å². The van der Waals surface area contributed by atoms with Gasteiger partial charge in [-0.1, -0.05) is 18.2 Å². The number of benzene rings is 1. The van der Waals surface area contributed by atoms with Crippen molar-refractivity contribution in [2.75, 3.05) is 25.5 Å². The van der Waals surface area contributed by atoms with Crippen molar-refractivity contribution < 1.29 is 4.79 Å². The number of hydrogen-bond acceptors (Lipinski definition) is 2. The molecule has 0 saturated carbocycles. The molecule has 0 radical (unpaired) electrons. The SMILES string of the molecule is CCN(C)C(=O)N(C)c1ccccc1CN. The van der Waals surface area contributed by atoms with Gasteiger partial charge in [-0.05, 0) is 18.6 Å². The van der Waals surface area contributed by atoms with E-state index in [2.05, 4.69) is 0 Å². The van der Waals surface area contributed by atoms with Crippen molar-refractivity contribution in [1.82, 2.24) is 4.90 Å². The van der Waals surface area contributed by atoms with Crippen LogP contribution in [-0.4, -0.2) is 31.6 Å². The van der Waals surface area contributed by atoms with Crippen molar-refractivity contribution in [3.05, 3.63) is 29.8 Å². The summed E-state index contributed by atoms with van der Waals surface area (Å²) in [5.41, 5.74) is 7.49. The van der Waals surface area contributed by atoms with Crippen molar-refractivity contribution >= 4 is 11.7 Å². The maximum atomic E-state index is 12.0. The van der Waals surface area contributed by atoms with Crippen LogP contribution in [0.25, 0.3) is 0 Å². The van der Waals surface area contributed by atoms with E-state index in [1.807, 2.05) is 31.2 Å². The minimum atomic E-state index is -0.0246. The van der Waals surface area contributed by atoms with Crippen LogP contribution < -0.4 is 10.6 Å². The van der Waals surface area contributed by atoms with Crippen LogP contribution in [0.5, 0.6) is 0 Å². The number of carbonyl (C=O) groups is 1. The number of anilines is 1. The number of nitrogens with two attached hydrogens (primary N) is 1. The first-order chi connectivity index (χ1) is 7.61. The third-order valence-electron chi connectivity index (χ3n) is 2.66. The standard InChI is InChI=1S/C12H19N3O/c1-4-14(2)12(16)15(3)11-8-6-5-7-10(11)9-13/h5-8H,4,9,13H2,1-3H3. The van der Waals surface area contributed by atoms with Crippen molar-refractivity contribution in [3.8, 4) is 0 Å². The number of para-hydroxylation sites is 1. The summed E-state index contributed by atoms with van der Waals surface area (Å²) in [6.07, 6.45) is 0. The zero-order valence-corrected chi connectivity index (χ0v) is 10.1. The molecular weight excluding hydrogens is 202 g/mol. The van der Waals surface area contributed by atoms with Gasteiger partial charge in [0.1, 0.15) is 0 Å². The molecule has 0 aliphatic carbocycles. The summed E-state index contributed by atoms with van der Waals surface area (Å²) >= 11 is 0. The predicted molar refractivity (Wildman–Crippen MR) is 66.4 cm³/mol. The van der Waals surface area contributed by atoms with E-state index in [-0.39, 0.29) is 6.03 Å². The molecule has 1 rings (SSSR count). The zero-order chi connectivity index (χ0) is 12.1. The first-order valence-electron chi connectivity index (χ1n) is 5.38. The van der Waals surface area contributed by atoms with E-state index >= 15 is 0 Å². The molecule has 2 amide bonds. The van der Waals surface area contributed by atoms with Gasteiger partial charge < -0.3 is 10.6 Å². The maximum absolute atomic E-state index is 12.0. The van der Waals surface area contributed by atoms with E-state index in [0.717, 1.165) is 11.3 Å². The Morgan fingerprint density at radius 2 is 1.94 bits per heavy atom. The Balaban J connectivity index is 2.95. The summed E-state index contributed by atoms with van der Waals surface area (Å²) in [7, 11) is 3.55. The fraction of sp³-hybridized carbons (Fsp3) is 0.417. The zero-order valence-electron chi connectivity index (χ0n) is 10.1. The molecule has 4 nitrogen and oxygen atoms in total. The molecule has 0 aromatic heterocycles. The highest BCUT2D eigenvalue weighted by Crippen LogP contribution is 2.19. The second-order valence-corrected chi connectivity index (χ2v) is 3.69. The molecule has 0 spiro atoms. The maximum Gasteiger partial charge on any atom is 0.323 e. The number of nitrogens with zero attached hydrogens (tertiary/aromatic N) is 2. The quantitative estimate of drug-likeness (QED) is 0.843. The summed E-state index contributed by atoms with van der Waals surface area (Å²) in [4.78, 5) is 15.2. The van der Waals surface area contributed by atoms with Gasteiger partial charge in [-0.3, -0.25) is 4.90 Å². The highest BCUT2D eigenvalue weighted by atomic mass is 16.2. The Kier molecular flexibility index (Phi) is 4.31. The summed E-state index contributed by atoms with van der Waals surface area (Å²) in [6, 6.07) is 7.65. The van der Waals surface area contributed by atoms with Crippen LogP contribution >= 0.6 is 0 Å². The molecular formula is C12H19N3O. The van der Waals surface area contributed by atoms with Crippen LogP contribution in [-0.2, 0) is 6.54 Å². The van der Waals surface area contributed by atoms with Crippen LogP contribution in [0.15, 0.2) is 24.3 Å². The van der Waals surface area contributed by atoms with E-state index in [9.17, 15) is 4.79 Å². The van der Waals surface area contributed by atoms with Gasteiger partial charge >= 0.3 is 6.03 Å². The van der Waals surface area contributed by atoms with Gasteiger partial charge in [-0.15, -0.1) is 0 Å². The van der Waals surface area contributed by atoms with Crippen LogP contribution in [0.4, 0.5) is 10.5 Å². The normalized spacial score (nSPS) is 10.0. The highest BCUT2D eigenvalue weighted by Gasteiger charge is 2.16. The molecule has 0 bridgehead atoms. The summed E-state index contributed by atoms with van der Waals surface area (Å²) in [5.74, 6) is 0. The average Bonchev–Trinajstić information content (AvgIpc) is 2.35. The average molecular weight is 221 g/mol. The Morgan fingerprint density at radius 3 is 2.50 bits per heavy atom. The summed E-state index contributed by atoms with van der Waals surface area (Å²) < 4.78 is 0. The molecule has 88 valence electrons. The smallest absolute Gasteiger partial charge is 0.323 e. The van der Waals surface area contributed by atoms with Crippen LogP contribution in [0.2, 0.25) is 0 Å². The Morgan fingerprint density at radius 1 is 1.31 bits per heavy atom. The summed E-state index contributed by atoms with van der Waals surface area (Å²) in [6.45, 7) is 3.07. The molecule has 4 heteroatoms. The monoisotopic (exact) mass is 221 g/mol. The van der Waals surface area contributed by atoms with Crippen molar-refractivity contribution in [3.63, 3.8) is 0 Å². The fourth-order valence-electron chi connectivity index (χ4n) is 1.51. The van der Waals surface area contributed by atoms with Crippen LogP contribution in [0.1, 0.15) is 12.5 Å². The lowest BCUT2D eigenvalue weighted by molar-refractivity contribution is 0.219. The lowest BCUT2D eigenvalue weighted by atomic mass is 10.1. The van der Waals surface area contributed by atoms with Gasteiger partial charge in [0.25, 0.3) is 0 Å². The lowest BCUT2D eigenvalue weighted by Gasteiger charge is -2.25. The van der Waals surface area contributed by atoms with E-state index in [0.29, 0.717) is 13.1 Å². The Labute approximate surface area is 96.6 Å². The topological polar surface area (TPSA) is 49.6 Å². The van der Waals surface area contributed by atoms with Gasteiger partial charge in [0.15, 0.2) is 0 Å². The minimum absolute atomic E-state index is 0.0246. The molecule has 16 heavy (non-hydrogen) atoms. The largest absolute Gasteiger partial charge is 0.328 e. The van der Waals surface area contributed by atoms with Crippen molar-refractivity contribution in [2.24, 2.45) is 5.73 Å². The molecule has 0 heterocycles. The van der Waals surface area contributed by atoms with E-state index in [4.69, 9.17) is 5.73 Å². The number of amides is 2. The molecule has 1 aromatic carbocycles. The molecule has 0 aliphatic heterocycles. The second-order valence-electron chi connectivity index (χ2n) is 3.69. The molecule has 0 atom stereocenters. The number of hydrogen-bond donors (Lipinski definition) is 1. The van der Waals surface area contributed by atoms with Gasteiger partial charge in [0.05, 0.1) is 0 Å². The Hall–Kier alpha value is -1.55. The summed E-state index contributed by atoms with van der Waals surface area (Å²) in [5, 5.41) is 0. The van der Waals surface area contributed by atoms with Crippen LogP contribution in [0, 0.1) is 0 Å². The lowest BCUT2D eigenvalue weighted by Crippen LogP contribution is -2.39. The van der Waals surface area contributed by atoms with Gasteiger partial charge in [0.2, 0.25) is 0 Å². The molecule has 2 N–H and O–H groups in total. The van der Waals surface area contributed by atoms with Crippen molar-refractivity contribution in [2.45, 2.75) is 13.5 Å².